The Morgan fingerprint density at radius 2 is 2.09 bits per heavy atom. The van der Waals surface area contributed by atoms with E-state index in [9.17, 15) is 5.11 Å². The number of aliphatic hydroxyl groups is 1. The Morgan fingerprint density at radius 3 is 2.82 bits per heavy atom. The van der Waals surface area contributed by atoms with E-state index in [0.29, 0.717) is 18.3 Å². The zero-order valence-electron chi connectivity index (χ0n) is 13.2. The van der Waals surface area contributed by atoms with Crippen molar-refractivity contribution in [1.82, 2.24) is 15.0 Å². The van der Waals surface area contributed by atoms with Crippen LogP contribution in [0, 0.1) is 6.92 Å². The van der Waals surface area contributed by atoms with Crippen molar-refractivity contribution >= 4 is 0 Å². The van der Waals surface area contributed by atoms with Gasteiger partial charge in [-0.2, -0.15) is 4.98 Å². The number of likely N-dealkylation sites (tertiary alicyclic amines) is 1. The monoisotopic (exact) mass is 301 g/mol. The van der Waals surface area contributed by atoms with Crippen LogP contribution in [0.4, 0.5) is 0 Å². The lowest BCUT2D eigenvalue weighted by atomic mass is 9.98. The van der Waals surface area contributed by atoms with Gasteiger partial charge in [-0.3, -0.25) is 4.90 Å². The van der Waals surface area contributed by atoms with Gasteiger partial charge in [0.1, 0.15) is 0 Å². The topological polar surface area (TPSA) is 62.4 Å². The van der Waals surface area contributed by atoms with E-state index in [1.165, 1.54) is 12.0 Å². The van der Waals surface area contributed by atoms with Crippen LogP contribution in [0.15, 0.2) is 28.8 Å². The van der Waals surface area contributed by atoms with Gasteiger partial charge in [-0.1, -0.05) is 41.4 Å². The number of nitrogens with zero attached hydrogens (tertiary/aromatic N) is 3. The summed E-state index contributed by atoms with van der Waals surface area (Å²) in [6, 6.07) is 8.27. The van der Waals surface area contributed by atoms with Crippen LogP contribution in [0.25, 0.3) is 11.4 Å². The number of aromatic nitrogens is 2. The maximum absolute atomic E-state index is 9.93. The van der Waals surface area contributed by atoms with E-state index in [0.717, 1.165) is 24.9 Å². The van der Waals surface area contributed by atoms with E-state index in [1.807, 2.05) is 31.2 Å². The number of benzene rings is 1. The molecule has 2 heterocycles. The smallest absolute Gasteiger partial charge is 0.241 e. The van der Waals surface area contributed by atoms with Gasteiger partial charge in [-0.25, -0.2) is 0 Å². The van der Waals surface area contributed by atoms with Crippen molar-refractivity contribution in [1.29, 1.82) is 0 Å². The fourth-order valence-corrected chi connectivity index (χ4v) is 3.07. The second-order valence-corrected chi connectivity index (χ2v) is 6.15. The molecule has 1 aromatic heterocycles. The first kappa shape index (κ1) is 15.2. The first-order valence-corrected chi connectivity index (χ1v) is 7.95. The molecule has 118 valence electrons. The van der Waals surface area contributed by atoms with Crippen molar-refractivity contribution < 1.29 is 9.63 Å². The van der Waals surface area contributed by atoms with Crippen LogP contribution in [-0.2, 0) is 6.54 Å². The van der Waals surface area contributed by atoms with Crippen LogP contribution >= 0.6 is 0 Å². The Morgan fingerprint density at radius 1 is 1.32 bits per heavy atom. The molecule has 3 rings (SSSR count). The summed E-state index contributed by atoms with van der Waals surface area (Å²) in [5, 5.41) is 14.0. The van der Waals surface area contributed by atoms with Crippen LogP contribution in [0.2, 0.25) is 0 Å². The number of aryl methyl sites for hydroxylation is 1. The predicted octanol–water partition coefficient (Wildman–Crippen LogP) is 2.78. The lowest BCUT2D eigenvalue weighted by Crippen LogP contribution is -2.45. The molecular formula is C17H23N3O2. The Kier molecular flexibility index (Phi) is 4.55. The normalized spacial score (nSPS) is 21.0. The van der Waals surface area contributed by atoms with Gasteiger partial charge in [-0.05, 0) is 33.2 Å². The van der Waals surface area contributed by atoms with Gasteiger partial charge in [0.25, 0.3) is 0 Å². The molecule has 2 unspecified atom stereocenters. The van der Waals surface area contributed by atoms with E-state index in [4.69, 9.17) is 4.52 Å². The minimum atomic E-state index is -0.334. The standard InChI is InChI=1S/C17H23N3O2/c1-12-6-8-14(9-7-12)17-18-16(22-19-17)11-20-10-4-3-5-15(20)13(2)21/h6-9,13,15,21H,3-5,10-11H2,1-2H3. The van der Waals surface area contributed by atoms with Crippen LogP contribution in [0.3, 0.4) is 0 Å². The lowest BCUT2D eigenvalue weighted by molar-refractivity contribution is 0.0260. The summed E-state index contributed by atoms with van der Waals surface area (Å²) in [6.07, 6.45) is 3.02. The van der Waals surface area contributed by atoms with Crippen molar-refractivity contribution in [2.45, 2.75) is 51.8 Å². The largest absolute Gasteiger partial charge is 0.392 e. The Labute approximate surface area is 131 Å². The Balaban J connectivity index is 1.72. The van der Waals surface area contributed by atoms with Gasteiger partial charge in [0, 0.05) is 11.6 Å². The van der Waals surface area contributed by atoms with E-state index in [-0.39, 0.29) is 12.1 Å². The molecule has 0 saturated carbocycles. The zero-order valence-corrected chi connectivity index (χ0v) is 13.2. The van der Waals surface area contributed by atoms with Gasteiger partial charge in [0.15, 0.2) is 0 Å². The molecule has 2 atom stereocenters. The maximum atomic E-state index is 9.93. The summed E-state index contributed by atoms with van der Waals surface area (Å²) < 4.78 is 5.40. The number of hydrogen-bond donors (Lipinski definition) is 1. The highest BCUT2D eigenvalue weighted by Gasteiger charge is 2.27. The van der Waals surface area contributed by atoms with Crippen LogP contribution in [0.5, 0.6) is 0 Å². The number of piperidine rings is 1. The lowest BCUT2D eigenvalue weighted by Gasteiger charge is -2.36. The molecule has 5 heteroatoms. The summed E-state index contributed by atoms with van der Waals surface area (Å²) in [4.78, 5) is 6.75. The Bertz CT molecular complexity index is 607. The fourth-order valence-electron chi connectivity index (χ4n) is 3.07. The molecule has 1 aromatic carbocycles. The summed E-state index contributed by atoms with van der Waals surface area (Å²) in [5.74, 6) is 1.24. The summed E-state index contributed by atoms with van der Waals surface area (Å²) >= 11 is 0. The predicted molar refractivity (Wildman–Crippen MR) is 84.2 cm³/mol. The van der Waals surface area contributed by atoms with Crippen LogP contribution < -0.4 is 0 Å². The van der Waals surface area contributed by atoms with Gasteiger partial charge in [0.05, 0.1) is 12.6 Å². The molecule has 1 saturated heterocycles. The van der Waals surface area contributed by atoms with E-state index in [2.05, 4.69) is 22.0 Å². The van der Waals surface area contributed by atoms with Gasteiger partial charge in [0.2, 0.25) is 11.7 Å². The summed E-state index contributed by atoms with van der Waals surface area (Å²) in [7, 11) is 0. The molecule has 0 bridgehead atoms. The van der Waals surface area contributed by atoms with Crippen LogP contribution in [-0.4, -0.2) is 38.8 Å². The van der Waals surface area contributed by atoms with Gasteiger partial charge in [-0.15, -0.1) is 0 Å². The second kappa shape index (κ2) is 6.58. The Hall–Kier alpha value is -1.72. The molecule has 5 nitrogen and oxygen atoms in total. The highest BCUT2D eigenvalue weighted by Crippen LogP contribution is 2.23. The fraction of sp³-hybridized carbons (Fsp3) is 0.529. The highest BCUT2D eigenvalue weighted by atomic mass is 16.5. The summed E-state index contributed by atoms with van der Waals surface area (Å²) in [6.45, 7) is 5.48. The molecule has 1 aliphatic rings. The number of aliphatic hydroxyl groups excluding tert-OH is 1. The molecule has 1 fully saturated rings. The molecular weight excluding hydrogens is 278 g/mol. The molecule has 2 aromatic rings. The summed E-state index contributed by atoms with van der Waals surface area (Å²) in [5.41, 5.74) is 2.17. The molecule has 1 N–H and O–H groups in total. The molecule has 1 aliphatic heterocycles. The van der Waals surface area contributed by atoms with Crippen molar-refractivity contribution in [3.05, 3.63) is 35.7 Å². The molecule has 0 aliphatic carbocycles. The molecule has 0 spiro atoms. The SMILES string of the molecule is Cc1ccc(-c2noc(CN3CCCCC3C(C)O)n2)cc1. The van der Waals surface area contributed by atoms with Crippen molar-refractivity contribution in [2.24, 2.45) is 0 Å². The van der Waals surface area contributed by atoms with Crippen molar-refractivity contribution in [3.63, 3.8) is 0 Å². The van der Waals surface area contributed by atoms with Crippen LogP contribution in [0.1, 0.15) is 37.6 Å². The third-order valence-electron chi connectivity index (χ3n) is 4.34. The second-order valence-electron chi connectivity index (χ2n) is 6.15. The molecule has 22 heavy (non-hydrogen) atoms. The maximum Gasteiger partial charge on any atom is 0.241 e. The number of rotatable bonds is 4. The average molecular weight is 301 g/mol. The van der Waals surface area contributed by atoms with Crippen molar-refractivity contribution in [2.75, 3.05) is 6.54 Å². The number of hydrogen-bond acceptors (Lipinski definition) is 5. The average Bonchev–Trinajstić information content (AvgIpc) is 2.97. The van der Waals surface area contributed by atoms with Gasteiger partial charge < -0.3 is 9.63 Å². The third kappa shape index (κ3) is 3.36. The minimum absolute atomic E-state index is 0.184. The third-order valence-corrected chi connectivity index (χ3v) is 4.34. The first-order valence-electron chi connectivity index (χ1n) is 7.95. The molecule has 0 radical (unpaired) electrons. The molecule has 0 amide bonds. The highest BCUT2D eigenvalue weighted by molar-refractivity contribution is 5.54. The minimum Gasteiger partial charge on any atom is -0.392 e. The van der Waals surface area contributed by atoms with E-state index < -0.39 is 0 Å². The van der Waals surface area contributed by atoms with Crippen molar-refractivity contribution in [3.8, 4) is 11.4 Å². The first-order chi connectivity index (χ1) is 10.6. The van der Waals surface area contributed by atoms with E-state index in [1.54, 1.807) is 0 Å². The quantitative estimate of drug-likeness (QED) is 0.941. The zero-order chi connectivity index (χ0) is 15.5. The van der Waals surface area contributed by atoms with Gasteiger partial charge >= 0.3 is 0 Å². The van der Waals surface area contributed by atoms with E-state index >= 15 is 0 Å².